The molecule has 0 fully saturated rings. The molecule has 0 saturated carbocycles. The third-order valence-electron chi connectivity index (χ3n) is 16.4. The first kappa shape index (κ1) is 38.0. The minimum atomic E-state index is -0.532. The Morgan fingerprint density at radius 1 is 0.300 bits per heavy atom. The van der Waals surface area contributed by atoms with Gasteiger partial charge < -0.3 is 9.47 Å². The highest BCUT2D eigenvalue weighted by molar-refractivity contribution is 6.13. The van der Waals surface area contributed by atoms with Crippen molar-refractivity contribution in [2.75, 3.05) is 4.90 Å². The van der Waals surface area contributed by atoms with Gasteiger partial charge in [-0.1, -0.05) is 212 Å². The molecule has 2 heteroatoms. The zero-order valence-corrected chi connectivity index (χ0v) is 38.1. The van der Waals surface area contributed by atoms with Gasteiger partial charge in [0.1, 0.15) is 0 Å². The number of hydrogen-bond donors (Lipinski definition) is 0. The number of fused-ring (bicyclic) bond motifs is 22. The average molecular weight is 887 g/mol. The summed E-state index contributed by atoms with van der Waals surface area (Å²) in [7, 11) is 0. The van der Waals surface area contributed by atoms with Crippen LogP contribution in [0.1, 0.15) is 44.5 Å². The fourth-order valence-corrected chi connectivity index (χ4v) is 13.9. The summed E-state index contributed by atoms with van der Waals surface area (Å²) in [6.07, 6.45) is 0. The van der Waals surface area contributed by atoms with Gasteiger partial charge in [-0.2, -0.15) is 0 Å². The van der Waals surface area contributed by atoms with Crippen LogP contribution < -0.4 is 4.90 Å². The fraction of sp³-hybridized carbons (Fsp3) is 0.0294. The zero-order valence-electron chi connectivity index (χ0n) is 38.1. The van der Waals surface area contributed by atoms with E-state index in [0.717, 1.165) is 17.1 Å². The Balaban J connectivity index is 0.974. The van der Waals surface area contributed by atoms with Gasteiger partial charge in [0.05, 0.1) is 33.2 Å². The van der Waals surface area contributed by atoms with Crippen LogP contribution in [0.2, 0.25) is 0 Å². The molecule has 12 aromatic rings. The van der Waals surface area contributed by atoms with Crippen molar-refractivity contribution >= 4 is 38.9 Å². The van der Waals surface area contributed by atoms with Gasteiger partial charge in [0.2, 0.25) is 0 Å². The molecule has 1 aromatic heterocycles. The first-order chi connectivity index (χ1) is 34.8. The molecule has 2 spiro atoms. The van der Waals surface area contributed by atoms with E-state index in [-0.39, 0.29) is 0 Å². The Kier molecular flexibility index (Phi) is 7.51. The van der Waals surface area contributed by atoms with Crippen molar-refractivity contribution in [2.45, 2.75) is 10.8 Å². The Hall–Kier alpha value is -8.98. The molecule has 1 aliphatic heterocycles. The molecular weight excluding hydrogens is 845 g/mol. The predicted molar refractivity (Wildman–Crippen MR) is 288 cm³/mol. The second kappa shape index (κ2) is 13.8. The van der Waals surface area contributed by atoms with E-state index in [9.17, 15) is 0 Å². The molecule has 1 unspecified atom stereocenters. The minimum Gasteiger partial charge on any atom is -0.310 e. The maximum Gasteiger partial charge on any atom is 0.0754 e. The first-order valence-corrected chi connectivity index (χ1v) is 24.5. The first-order valence-electron chi connectivity index (χ1n) is 24.5. The highest BCUT2D eigenvalue weighted by atomic mass is 15.1. The number of rotatable bonds is 4. The van der Waals surface area contributed by atoms with Gasteiger partial charge in [0, 0.05) is 27.7 Å². The van der Waals surface area contributed by atoms with Crippen molar-refractivity contribution in [1.82, 2.24) is 4.57 Å². The lowest BCUT2D eigenvalue weighted by molar-refractivity contribution is 0.748. The lowest BCUT2D eigenvalue weighted by Crippen LogP contribution is -2.33. The number of nitrogens with zero attached hydrogens (tertiary/aromatic N) is 2. The molecule has 16 rings (SSSR count). The summed E-state index contributed by atoms with van der Waals surface area (Å²) < 4.78 is 2.53. The van der Waals surface area contributed by atoms with Gasteiger partial charge >= 0.3 is 0 Å². The molecule has 2 heterocycles. The van der Waals surface area contributed by atoms with Crippen molar-refractivity contribution in [2.24, 2.45) is 0 Å². The highest BCUT2D eigenvalue weighted by Gasteiger charge is 2.53. The zero-order chi connectivity index (χ0) is 45.7. The number of anilines is 3. The van der Waals surface area contributed by atoms with Crippen LogP contribution in [0.3, 0.4) is 0 Å². The molecule has 0 amide bonds. The summed E-state index contributed by atoms with van der Waals surface area (Å²) in [6, 6.07) is 96.0. The lowest BCUT2D eigenvalue weighted by Gasteiger charge is -2.39. The SMILES string of the molecule is c1ccc(-c2ccc(N(c3ccc4c(c3)-c3ccccc3C43c4ccccc4-n4c5ccccc5c5cccc3c54)c3cccc4c3-c3ccccc3C43c4ccccc4-c4ccccc43)cc2)cc1. The van der Waals surface area contributed by atoms with E-state index < -0.39 is 10.8 Å². The van der Waals surface area contributed by atoms with E-state index in [1.165, 1.54) is 117 Å². The summed E-state index contributed by atoms with van der Waals surface area (Å²) >= 11 is 0. The van der Waals surface area contributed by atoms with Crippen molar-refractivity contribution in [3.63, 3.8) is 0 Å². The molecule has 324 valence electrons. The van der Waals surface area contributed by atoms with Crippen molar-refractivity contribution in [1.29, 1.82) is 0 Å². The summed E-state index contributed by atoms with van der Waals surface area (Å²) in [5.74, 6) is 0. The maximum atomic E-state index is 2.54. The quantitative estimate of drug-likeness (QED) is 0.171. The Morgan fingerprint density at radius 3 is 1.51 bits per heavy atom. The molecule has 3 aliphatic carbocycles. The molecule has 11 aromatic carbocycles. The summed E-state index contributed by atoms with van der Waals surface area (Å²) in [4.78, 5) is 2.54. The summed E-state index contributed by atoms with van der Waals surface area (Å²) in [6.45, 7) is 0. The maximum absolute atomic E-state index is 2.54. The molecule has 0 radical (unpaired) electrons. The van der Waals surface area contributed by atoms with Crippen LogP contribution in [-0.2, 0) is 10.8 Å². The van der Waals surface area contributed by atoms with E-state index in [1.54, 1.807) is 0 Å². The highest BCUT2D eigenvalue weighted by Crippen LogP contribution is 2.66. The molecule has 0 bridgehead atoms. The predicted octanol–water partition coefficient (Wildman–Crippen LogP) is 16.9. The molecule has 0 saturated heterocycles. The van der Waals surface area contributed by atoms with E-state index in [0.29, 0.717) is 0 Å². The molecular formula is C68H42N2. The Bertz CT molecular complexity index is 4150. The largest absolute Gasteiger partial charge is 0.310 e. The van der Waals surface area contributed by atoms with Gasteiger partial charge in [-0.3, -0.25) is 0 Å². The number of aromatic nitrogens is 1. The van der Waals surface area contributed by atoms with E-state index in [4.69, 9.17) is 0 Å². The van der Waals surface area contributed by atoms with Gasteiger partial charge in [-0.05, 0) is 126 Å². The molecule has 4 aliphatic rings. The Labute approximate surface area is 406 Å². The summed E-state index contributed by atoms with van der Waals surface area (Å²) in [5, 5.41) is 2.57. The third-order valence-corrected chi connectivity index (χ3v) is 16.4. The van der Waals surface area contributed by atoms with Crippen LogP contribution in [0.25, 0.3) is 72.0 Å². The van der Waals surface area contributed by atoms with Crippen LogP contribution in [-0.4, -0.2) is 4.57 Å². The standard InChI is InChI=1S/C68H42N2/c1-2-18-43(19-3-1)44-36-38-45(39-37-44)69(64-35-17-31-60-65(64)52-24-7-12-29-57(52)67(60)54-26-9-4-20-47(54)48-21-5-10-27-55(48)67)46-40-41-58-53(42-46)49-22-6-11-28-56(49)68(58)59-30-13-15-34-63(59)70-62-33-14-8-23-50(62)51-25-16-32-61(68)66(51)70/h1-42H. The van der Waals surface area contributed by atoms with Gasteiger partial charge in [0.25, 0.3) is 0 Å². The van der Waals surface area contributed by atoms with Gasteiger partial charge in [-0.15, -0.1) is 0 Å². The molecule has 0 N–H and O–H groups in total. The third kappa shape index (κ3) is 4.59. The summed E-state index contributed by atoms with van der Waals surface area (Å²) in [5.41, 5.74) is 26.9. The van der Waals surface area contributed by atoms with Crippen molar-refractivity contribution in [3.8, 4) is 50.2 Å². The average Bonchev–Trinajstić information content (AvgIpc) is 4.13. The van der Waals surface area contributed by atoms with Crippen LogP contribution in [0.4, 0.5) is 17.1 Å². The topological polar surface area (TPSA) is 8.17 Å². The normalized spacial score (nSPS) is 15.6. The number of para-hydroxylation sites is 3. The number of benzene rings is 11. The Morgan fingerprint density at radius 2 is 0.786 bits per heavy atom. The number of hydrogen-bond acceptors (Lipinski definition) is 1. The van der Waals surface area contributed by atoms with Crippen LogP contribution >= 0.6 is 0 Å². The van der Waals surface area contributed by atoms with Gasteiger partial charge in [-0.25, -0.2) is 0 Å². The van der Waals surface area contributed by atoms with Gasteiger partial charge in [0.15, 0.2) is 0 Å². The van der Waals surface area contributed by atoms with Crippen LogP contribution in [0.15, 0.2) is 255 Å². The monoisotopic (exact) mass is 886 g/mol. The molecule has 70 heavy (non-hydrogen) atoms. The second-order valence-electron chi connectivity index (χ2n) is 19.4. The smallest absolute Gasteiger partial charge is 0.0754 e. The van der Waals surface area contributed by atoms with E-state index >= 15 is 0 Å². The van der Waals surface area contributed by atoms with Crippen molar-refractivity contribution in [3.05, 3.63) is 299 Å². The van der Waals surface area contributed by atoms with E-state index in [1.807, 2.05) is 0 Å². The fourth-order valence-electron chi connectivity index (χ4n) is 13.9. The van der Waals surface area contributed by atoms with E-state index in [2.05, 4.69) is 264 Å². The van der Waals surface area contributed by atoms with Crippen LogP contribution in [0, 0.1) is 0 Å². The molecule has 1 atom stereocenters. The van der Waals surface area contributed by atoms with Crippen molar-refractivity contribution < 1.29 is 0 Å². The minimum absolute atomic E-state index is 0.459. The lowest BCUT2D eigenvalue weighted by atomic mass is 9.65. The molecule has 2 nitrogen and oxygen atoms in total. The second-order valence-corrected chi connectivity index (χ2v) is 19.4. The van der Waals surface area contributed by atoms with Crippen LogP contribution in [0.5, 0.6) is 0 Å².